The van der Waals surface area contributed by atoms with Gasteiger partial charge in [0.15, 0.2) is 0 Å². The fraction of sp³-hybridized carbons (Fsp3) is 0.556. The van der Waals surface area contributed by atoms with E-state index in [0.29, 0.717) is 5.15 Å². The smallest absolute Gasteiger partial charge is 0.140 e. The molecule has 2 heterocycles. The first-order valence-electron chi connectivity index (χ1n) is 4.51. The largest absolute Gasteiger partial charge is 0.236 e. The standard InChI is InChI=1S/C9H11ClN2S2/c1-2-13-5-8-11-7-4-14-3-6(7)9(10)12-8/h2-5H2,1H3. The maximum Gasteiger partial charge on any atom is 0.140 e. The van der Waals surface area contributed by atoms with Gasteiger partial charge in [0.1, 0.15) is 11.0 Å². The van der Waals surface area contributed by atoms with E-state index in [4.69, 9.17) is 11.6 Å². The van der Waals surface area contributed by atoms with E-state index in [1.807, 2.05) is 23.5 Å². The number of nitrogens with zero attached hydrogens (tertiary/aromatic N) is 2. The molecule has 0 aliphatic carbocycles. The molecule has 1 aromatic rings. The predicted molar refractivity (Wildman–Crippen MR) is 63.9 cm³/mol. The molecule has 0 spiro atoms. The van der Waals surface area contributed by atoms with Gasteiger partial charge in [0.2, 0.25) is 0 Å². The summed E-state index contributed by atoms with van der Waals surface area (Å²) in [5.74, 6) is 4.79. The Morgan fingerprint density at radius 3 is 3.07 bits per heavy atom. The Labute approximate surface area is 97.2 Å². The third kappa shape index (κ3) is 2.18. The first-order chi connectivity index (χ1) is 6.81. The summed E-state index contributed by atoms with van der Waals surface area (Å²) in [6.07, 6.45) is 0. The summed E-state index contributed by atoms with van der Waals surface area (Å²) in [6, 6.07) is 0. The number of halogens is 1. The second kappa shape index (κ2) is 4.73. The molecule has 0 fully saturated rings. The number of aromatic nitrogens is 2. The van der Waals surface area contributed by atoms with Crippen LogP contribution in [0.2, 0.25) is 5.15 Å². The molecule has 1 aliphatic heterocycles. The Hall–Kier alpha value is 0.0700. The van der Waals surface area contributed by atoms with Crippen molar-refractivity contribution in [1.82, 2.24) is 9.97 Å². The third-order valence-corrected chi connectivity index (χ3v) is 4.16. The molecule has 5 heteroatoms. The minimum absolute atomic E-state index is 0.659. The Kier molecular flexibility index (Phi) is 3.57. The predicted octanol–water partition coefficient (Wildman–Crippen LogP) is 3.13. The molecule has 0 amide bonds. The quantitative estimate of drug-likeness (QED) is 0.766. The highest BCUT2D eigenvalue weighted by Gasteiger charge is 2.18. The van der Waals surface area contributed by atoms with Gasteiger partial charge < -0.3 is 0 Å². The van der Waals surface area contributed by atoms with Crippen molar-refractivity contribution in [2.75, 3.05) is 5.75 Å². The molecule has 0 unspecified atom stereocenters. The van der Waals surface area contributed by atoms with Crippen molar-refractivity contribution in [1.29, 1.82) is 0 Å². The van der Waals surface area contributed by atoms with Crippen LogP contribution in [0.5, 0.6) is 0 Å². The lowest BCUT2D eigenvalue weighted by atomic mass is 10.3. The van der Waals surface area contributed by atoms with Crippen LogP contribution in [-0.2, 0) is 17.3 Å². The van der Waals surface area contributed by atoms with E-state index in [0.717, 1.165) is 40.1 Å². The fourth-order valence-electron chi connectivity index (χ4n) is 1.32. The van der Waals surface area contributed by atoms with E-state index in [1.165, 1.54) is 0 Å². The Bertz CT molecular complexity index is 344. The van der Waals surface area contributed by atoms with E-state index >= 15 is 0 Å². The Balaban J connectivity index is 2.23. The van der Waals surface area contributed by atoms with Crippen LogP contribution in [0, 0.1) is 0 Å². The second-order valence-electron chi connectivity index (χ2n) is 2.99. The van der Waals surface area contributed by atoms with Crippen LogP contribution in [0.4, 0.5) is 0 Å². The molecule has 2 rings (SSSR count). The van der Waals surface area contributed by atoms with Crippen molar-refractivity contribution in [3.05, 3.63) is 22.2 Å². The molecule has 0 aromatic carbocycles. The fourth-order valence-corrected chi connectivity index (χ4v) is 3.23. The summed E-state index contributed by atoms with van der Waals surface area (Å²) in [5, 5.41) is 0.659. The van der Waals surface area contributed by atoms with Gasteiger partial charge in [-0.15, -0.1) is 0 Å². The number of fused-ring (bicyclic) bond motifs is 1. The van der Waals surface area contributed by atoms with E-state index in [9.17, 15) is 0 Å². The van der Waals surface area contributed by atoms with Crippen molar-refractivity contribution >= 4 is 35.1 Å². The van der Waals surface area contributed by atoms with Gasteiger partial charge in [-0.05, 0) is 5.75 Å². The molecule has 1 aliphatic rings. The molecule has 76 valence electrons. The lowest BCUT2D eigenvalue weighted by Gasteiger charge is -2.03. The molecular weight excluding hydrogens is 236 g/mol. The zero-order valence-electron chi connectivity index (χ0n) is 7.92. The average Bonchev–Trinajstić information content (AvgIpc) is 2.63. The van der Waals surface area contributed by atoms with Gasteiger partial charge in [-0.1, -0.05) is 18.5 Å². The molecule has 2 nitrogen and oxygen atoms in total. The molecule has 1 aromatic heterocycles. The highest BCUT2D eigenvalue weighted by Crippen LogP contribution is 2.32. The highest BCUT2D eigenvalue weighted by molar-refractivity contribution is 7.98. The van der Waals surface area contributed by atoms with E-state index in [2.05, 4.69) is 16.9 Å². The van der Waals surface area contributed by atoms with Gasteiger partial charge >= 0.3 is 0 Å². The monoisotopic (exact) mass is 246 g/mol. The van der Waals surface area contributed by atoms with E-state index in [-0.39, 0.29) is 0 Å². The summed E-state index contributed by atoms with van der Waals surface area (Å²) >= 11 is 9.76. The summed E-state index contributed by atoms with van der Waals surface area (Å²) in [6.45, 7) is 2.13. The topological polar surface area (TPSA) is 25.8 Å². The van der Waals surface area contributed by atoms with Crippen LogP contribution < -0.4 is 0 Å². The number of thioether (sulfide) groups is 2. The Morgan fingerprint density at radius 1 is 1.43 bits per heavy atom. The minimum Gasteiger partial charge on any atom is -0.236 e. The van der Waals surface area contributed by atoms with Crippen molar-refractivity contribution in [2.24, 2.45) is 0 Å². The molecule has 0 saturated carbocycles. The molecule has 0 N–H and O–H groups in total. The van der Waals surface area contributed by atoms with Gasteiger partial charge in [-0.3, -0.25) is 0 Å². The molecule has 14 heavy (non-hydrogen) atoms. The van der Waals surface area contributed by atoms with Crippen molar-refractivity contribution in [3.63, 3.8) is 0 Å². The molecule has 0 radical (unpaired) electrons. The summed E-state index contributed by atoms with van der Waals surface area (Å²) in [7, 11) is 0. The van der Waals surface area contributed by atoms with Crippen LogP contribution >= 0.6 is 35.1 Å². The van der Waals surface area contributed by atoms with Crippen LogP contribution in [0.3, 0.4) is 0 Å². The zero-order chi connectivity index (χ0) is 9.97. The summed E-state index contributed by atoms with van der Waals surface area (Å²) < 4.78 is 0. The van der Waals surface area contributed by atoms with Crippen molar-refractivity contribution in [3.8, 4) is 0 Å². The Morgan fingerprint density at radius 2 is 2.29 bits per heavy atom. The van der Waals surface area contributed by atoms with E-state index in [1.54, 1.807) is 0 Å². The van der Waals surface area contributed by atoms with Crippen LogP contribution in [0.15, 0.2) is 0 Å². The number of hydrogen-bond acceptors (Lipinski definition) is 4. The van der Waals surface area contributed by atoms with E-state index < -0.39 is 0 Å². The van der Waals surface area contributed by atoms with Gasteiger partial charge in [0.05, 0.1) is 11.4 Å². The lowest BCUT2D eigenvalue weighted by molar-refractivity contribution is 0.974. The maximum atomic E-state index is 6.08. The molecule has 0 atom stereocenters. The minimum atomic E-state index is 0.659. The average molecular weight is 247 g/mol. The van der Waals surface area contributed by atoms with Gasteiger partial charge in [0, 0.05) is 17.1 Å². The maximum absolute atomic E-state index is 6.08. The zero-order valence-corrected chi connectivity index (χ0v) is 10.3. The second-order valence-corrected chi connectivity index (χ2v) is 5.60. The van der Waals surface area contributed by atoms with Crippen molar-refractivity contribution < 1.29 is 0 Å². The van der Waals surface area contributed by atoms with Crippen molar-refractivity contribution in [2.45, 2.75) is 24.2 Å². The molecule has 0 saturated heterocycles. The first-order valence-corrected chi connectivity index (χ1v) is 7.19. The first kappa shape index (κ1) is 10.6. The number of hydrogen-bond donors (Lipinski definition) is 0. The van der Waals surface area contributed by atoms with Crippen LogP contribution in [-0.4, -0.2) is 15.7 Å². The molecular formula is C9H11ClN2S2. The molecule has 0 bridgehead atoms. The van der Waals surface area contributed by atoms with Gasteiger partial charge in [0.25, 0.3) is 0 Å². The normalized spacial score (nSPS) is 14.4. The van der Waals surface area contributed by atoms with Crippen LogP contribution in [0.1, 0.15) is 24.0 Å². The number of rotatable bonds is 3. The summed E-state index contributed by atoms with van der Waals surface area (Å²) in [5.41, 5.74) is 2.28. The highest BCUT2D eigenvalue weighted by atomic mass is 35.5. The van der Waals surface area contributed by atoms with Crippen LogP contribution in [0.25, 0.3) is 0 Å². The SMILES string of the molecule is CCSCc1nc(Cl)c2c(n1)CSC2. The van der Waals surface area contributed by atoms with Gasteiger partial charge in [-0.25, -0.2) is 9.97 Å². The lowest BCUT2D eigenvalue weighted by Crippen LogP contribution is -1.99. The van der Waals surface area contributed by atoms with Gasteiger partial charge in [-0.2, -0.15) is 23.5 Å². The third-order valence-electron chi connectivity index (χ3n) is 2.01. The summed E-state index contributed by atoms with van der Waals surface area (Å²) in [4.78, 5) is 8.82.